The van der Waals surface area contributed by atoms with Crippen LogP contribution in [0.25, 0.3) is 0 Å². The molecule has 1 aliphatic carbocycles. The van der Waals surface area contributed by atoms with Crippen molar-refractivity contribution in [3.63, 3.8) is 0 Å². The quantitative estimate of drug-likeness (QED) is 0.0208. The van der Waals surface area contributed by atoms with Crippen LogP contribution < -0.4 is 39.8 Å². The zero-order valence-corrected chi connectivity index (χ0v) is 43.3. The maximum Gasteiger partial charge on any atom is 1.00 e. The van der Waals surface area contributed by atoms with Crippen LogP contribution in [0.4, 0.5) is 0 Å². The summed E-state index contributed by atoms with van der Waals surface area (Å²) in [6, 6.07) is 0. The second-order valence-corrected chi connectivity index (χ2v) is 19.4. The minimum absolute atomic E-state index is 0. The van der Waals surface area contributed by atoms with Crippen LogP contribution in [0.1, 0.15) is 219 Å². The summed E-state index contributed by atoms with van der Waals surface area (Å²) < 4.78 is 33.7. The van der Waals surface area contributed by atoms with Crippen LogP contribution in [-0.2, 0) is 47.1 Å². The number of carbonyl (C=O) groups is 5. The number of phosphoric acid groups is 1. The Morgan fingerprint density at radius 1 is 0.641 bits per heavy atom. The molecule has 0 aromatic rings. The Balaban J connectivity index is 0.0000205. The Labute approximate surface area is 409 Å². The molecule has 15 heteroatoms. The molecule has 1 N–H and O–H groups in total. The van der Waals surface area contributed by atoms with Gasteiger partial charge in [-0.1, -0.05) is 168 Å². The van der Waals surface area contributed by atoms with Gasteiger partial charge in [-0.25, -0.2) is 0 Å². The van der Waals surface area contributed by atoms with Crippen molar-refractivity contribution in [3.05, 3.63) is 12.2 Å². The average Bonchev–Trinajstić information content (AvgIpc) is 3.58. The molecule has 3 amide bonds. The maximum atomic E-state index is 12.8. The van der Waals surface area contributed by atoms with E-state index in [9.17, 15) is 33.4 Å². The van der Waals surface area contributed by atoms with E-state index in [-0.39, 0.29) is 91.7 Å². The van der Waals surface area contributed by atoms with E-state index in [1.165, 1.54) is 133 Å². The van der Waals surface area contributed by atoms with Crippen molar-refractivity contribution >= 4 is 37.5 Å². The predicted octanol–water partition coefficient (Wildman–Crippen LogP) is 7.76. The first-order chi connectivity index (χ1) is 30.5. The summed E-state index contributed by atoms with van der Waals surface area (Å²) in [5.74, 6) is -1.91. The molecule has 0 radical (unpaired) electrons. The molecule has 13 nitrogen and oxygen atoms in total. The van der Waals surface area contributed by atoms with Crippen molar-refractivity contribution in [2.24, 2.45) is 11.8 Å². The van der Waals surface area contributed by atoms with E-state index in [1.807, 2.05) is 0 Å². The molecule has 1 heterocycles. The second-order valence-electron chi connectivity index (χ2n) is 18.0. The molecule has 0 aromatic heterocycles. The fourth-order valence-corrected chi connectivity index (χ4v) is 9.10. The third-order valence-corrected chi connectivity index (χ3v) is 13.3. The van der Waals surface area contributed by atoms with Gasteiger partial charge in [-0.3, -0.25) is 33.4 Å². The van der Waals surface area contributed by atoms with Crippen molar-refractivity contribution in [2.45, 2.75) is 225 Å². The smallest absolute Gasteiger partial charge is 0.756 e. The number of phosphoric ester groups is 1. The molecule has 1 unspecified atom stereocenters. The normalized spacial score (nSPS) is 17.5. The number of nitrogens with zero attached hydrogens (tertiary/aromatic N) is 1. The van der Waals surface area contributed by atoms with E-state index in [4.69, 9.17) is 18.5 Å². The Morgan fingerprint density at radius 2 is 1.06 bits per heavy atom. The number of amides is 3. The van der Waals surface area contributed by atoms with Gasteiger partial charge < -0.3 is 28.7 Å². The van der Waals surface area contributed by atoms with Crippen molar-refractivity contribution in [1.82, 2.24) is 10.2 Å². The van der Waals surface area contributed by atoms with E-state index >= 15 is 0 Å². The van der Waals surface area contributed by atoms with E-state index in [0.717, 1.165) is 38.5 Å². The summed E-state index contributed by atoms with van der Waals surface area (Å²) in [7, 11) is -4.86. The first-order valence-corrected chi connectivity index (χ1v) is 26.8. The Morgan fingerprint density at radius 3 is 1.52 bits per heavy atom. The van der Waals surface area contributed by atoms with Gasteiger partial charge in [0, 0.05) is 44.0 Å². The van der Waals surface area contributed by atoms with Gasteiger partial charge in [0.15, 0.2) is 6.10 Å². The molecule has 2 atom stereocenters. The first-order valence-electron chi connectivity index (χ1n) is 25.3. The zero-order chi connectivity index (χ0) is 45.8. The molecule has 64 heavy (non-hydrogen) atoms. The van der Waals surface area contributed by atoms with Gasteiger partial charge in [-0.05, 0) is 44.4 Å². The summed E-state index contributed by atoms with van der Waals surface area (Å²) in [6.45, 7) is 3.49. The minimum atomic E-state index is -4.86. The van der Waals surface area contributed by atoms with E-state index in [0.29, 0.717) is 45.1 Å². The van der Waals surface area contributed by atoms with Crippen LogP contribution in [-0.4, -0.2) is 73.6 Å². The van der Waals surface area contributed by atoms with Gasteiger partial charge in [0.2, 0.25) is 5.91 Å². The predicted molar refractivity (Wildman–Crippen MR) is 245 cm³/mol. The number of nitrogens with one attached hydrogen (secondary N) is 1. The maximum absolute atomic E-state index is 12.8. The zero-order valence-electron chi connectivity index (χ0n) is 40.4. The molecule has 1 saturated carbocycles. The molecule has 0 aromatic carbocycles. The van der Waals surface area contributed by atoms with Gasteiger partial charge in [0.1, 0.15) is 6.61 Å². The second kappa shape index (κ2) is 39.4. The number of esters is 2. The molecule has 2 rings (SSSR count). The summed E-state index contributed by atoms with van der Waals surface area (Å²) >= 11 is 0. The molecule has 0 bridgehead atoms. The largest absolute Gasteiger partial charge is 1.00 e. The third kappa shape index (κ3) is 31.4. The molecule has 1 fully saturated rings. The average molecular weight is 933 g/mol. The topological polar surface area (TPSA) is 178 Å². The number of hydrogen-bond acceptors (Lipinski definition) is 11. The molecule has 0 spiro atoms. The van der Waals surface area contributed by atoms with Crippen molar-refractivity contribution in [3.8, 4) is 0 Å². The molecule has 0 saturated heterocycles. The van der Waals surface area contributed by atoms with Crippen LogP contribution in [0.5, 0.6) is 0 Å². The number of hydrogen-bond donors (Lipinski definition) is 1. The fraction of sp³-hybridized carbons (Fsp3) is 0.857. The Kier molecular flexibility index (Phi) is 37.2. The van der Waals surface area contributed by atoms with Crippen LogP contribution in [0.15, 0.2) is 12.2 Å². The molecule has 1 aliphatic heterocycles. The number of carbonyl (C=O) groups excluding carboxylic acids is 5. The van der Waals surface area contributed by atoms with Gasteiger partial charge >= 0.3 is 41.5 Å². The summed E-state index contributed by atoms with van der Waals surface area (Å²) in [5.41, 5.74) is 0. The van der Waals surface area contributed by atoms with E-state index in [2.05, 4.69) is 19.2 Å². The van der Waals surface area contributed by atoms with Crippen molar-refractivity contribution in [1.29, 1.82) is 0 Å². The number of unbranched alkanes of at least 4 members (excludes halogenated alkanes) is 24. The number of ether oxygens (including phenoxy) is 2. The van der Waals surface area contributed by atoms with Crippen LogP contribution in [0.2, 0.25) is 0 Å². The monoisotopic (exact) mass is 933 g/mol. The van der Waals surface area contributed by atoms with Crippen molar-refractivity contribution in [2.75, 3.05) is 32.9 Å². The Bertz CT molecular complexity index is 1330. The Hall–Kier alpha value is -1.60. The molecular formula is C49H86N2NaO11P. The van der Waals surface area contributed by atoms with Gasteiger partial charge in [-0.15, -0.1) is 0 Å². The van der Waals surface area contributed by atoms with Gasteiger partial charge in [-0.2, -0.15) is 0 Å². The first kappa shape index (κ1) is 60.4. The van der Waals surface area contributed by atoms with Crippen molar-refractivity contribution < 1.29 is 81.5 Å². The summed E-state index contributed by atoms with van der Waals surface area (Å²) in [4.78, 5) is 75.8. The SMILES string of the molecule is CCCCCCCCCCCCCCCC(=O)OC[C@H](COP(=O)([O-])OCCNC(=O)C1CCC(CN2C(=O)C=CC2=O)CC1)OC(=O)CCCCCCCCCCCCCCC.[Na+]. The molecular weight excluding hydrogens is 847 g/mol. The summed E-state index contributed by atoms with van der Waals surface area (Å²) in [6.07, 6.45) is 35.2. The summed E-state index contributed by atoms with van der Waals surface area (Å²) in [5, 5.41) is 2.71. The third-order valence-electron chi connectivity index (χ3n) is 12.3. The molecule has 2 aliphatic rings. The van der Waals surface area contributed by atoms with Crippen LogP contribution in [0.3, 0.4) is 0 Å². The van der Waals surface area contributed by atoms with E-state index in [1.54, 1.807) is 0 Å². The minimum Gasteiger partial charge on any atom is -0.756 e. The molecule has 364 valence electrons. The number of imide groups is 1. The number of rotatable bonds is 41. The van der Waals surface area contributed by atoms with Gasteiger partial charge in [0.25, 0.3) is 19.6 Å². The van der Waals surface area contributed by atoms with Crippen LogP contribution >= 0.6 is 7.82 Å². The standard InChI is InChI=1S/C49H87N2O11P.Na/c1-3-5-7-9-11-13-15-17-19-21-23-25-27-29-47(54)59-40-44(62-48(55)30-28-26-24-22-20-18-16-14-12-10-8-6-4-2)41-61-63(57,58)60-38-37-50-49(56)43-33-31-42(32-34-43)39-51-45(52)35-36-46(51)53;/h35-36,42-44H,3-34,37-41H2,1-2H3,(H,50,56)(H,57,58);/q;+1/p-1/t42?,43?,44-;/m1./s1. The van der Waals surface area contributed by atoms with Crippen LogP contribution in [0, 0.1) is 11.8 Å². The van der Waals surface area contributed by atoms with E-state index < -0.39 is 32.5 Å². The van der Waals surface area contributed by atoms with Gasteiger partial charge in [0.05, 0.1) is 13.2 Å². The fourth-order valence-electron chi connectivity index (χ4n) is 8.36.